The molecule has 2 amide bonds. The van der Waals surface area contributed by atoms with Crippen LogP contribution in [0, 0.1) is 0 Å². The number of aromatic nitrogens is 1. The summed E-state index contributed by atoms with van der Waals surface area (Å²) < 4.78 is 5.14. The number of benzene rings is 2. The molecule has 0 atom stereocenters. The molecule has 4 rings (SSSR count). The summed E-state index contributed by atoms with van der Waals surface area (Å²) in [6.45, 7) is 1.86. The maximum Gasteiger partial charge on any atom is 0.223 e. The molecule has 6 nitrogen and oxygen atoms in total. The van der Waals surface area contributed by atoms with E-state index in [9.17, 15) is 9.59 Å². The van der Waals surface area contributed by atoms with Crippen molar-refractivity contribution in [1.29, 1.82) is 0 Å². The largest absolute Gasteiger partial charge is 0.497 e. The molecule has 2 N–H and O–H groups in total. The van der Waals surface area contributed by atoms with Crippen LogP contribution in [0.15, 0.2) is 48.5 Å². The maximum atomic E-state index is 12.6. The molecule has 0 aliphatic carbocycles. The smallest absolute Gasteiger partial charge is 0.223 e. The molecule has 0 bridgehead atoms. The molecule has 2 aromatic carbocycles. The number of ether oxygens (including phenoxy) is 1. The van der Waals surface area contributed by atoms with Crippen LogP contribution in [-0.4, -0.2) is 41.9 Å². The summed E-state index contributed by atoms with van der Waals surface area (Å²) in [7, 11) is 1.64. The molecule has 0 saturated heterocycles. The van der Waals surface area contributed by atoms with E-state index in [1.165, 1.54) is 16.6 Å². The second-order valence-electron chi connectivity index (χ2n) is 7.64. The van der Waals surface area contributed by atoms with Crippen molar-refractivity contribution in [3.05, 3.63) is 65.4 Å². The number of para-hydroxylation sites is 1. The molecule has 6 heteroatoms. The standard InChI is InChI=1S/C24H27N3O3/c1-30-18-8-6-17(7-9-18)12-14-25-23(28)10-11-24(29)27-15-13-22-20(16-27)19-4-2-3-5-21(19)26-22/h2-9,26H,10-16H2,1H3,(H,25,28). The number of methoxy groups -OCH3 is 1. The van der Waals surface area contributed by atoms with E-state index < -0.39 is 0 Å². The molecule has 1 aromatic heterocycles. The van der Waals surface area contributed by atoms with E-state index in [0.29, 0.717) is 19.6 Å². The molecular weight excluding hydrogens is 378 g/mol. The van der Waals surface area contributed by atoms with Gasteiger partial charge in [0.15, 0.2) is 0 Å². The molecule has 0 fully saturated rings. The topological polar surface area (TPSA) is 74.4 Å². The Morgan fingerprint density at radius 1 is 1.10 bits per heavy atom. The van der Waals surface area contributed by atoms with E-state index in [-0.39, 0.29) is 24.7 Å². The van der Waals surface area contributed by atoms with Gasteiger partial charge in [-0.3, -0.25) is 9.59 Å². The lowest BCUT2D eigenvalue weighted by Crippen LogP contribution is -2.36. The Balaban J connectivity index is 1.23. The van der Waals surface area contributed by atoms with Crippen molar-refractivity contribution >= 4 is 22.7 Å². The number of H-pyrrole nitrogens is 1. The van der Waals surface area contributed by atoms with Crippen molar-refractivity contribution in [2.45, 2.75) is 32.2 Å². The number of fused-ring (bicyclic) bond motifs is 3. The fraction of sp³-hybridized carbons (Fsp3) is 0.333. The summed E-state index contributed by atoms with van der Waals surface area (Å²) >= 11 is 0. The molecule has 0 unspecified atom stereocenters. The predicted molar refractivity (Wildman–Crippen MR) is 116 cm³/mol. The highest BCUT2D eigenvalue weighted by molar-refractivity contribution is 5.87. The van der Waals surface area contributed by atoms with Gasteiger partial charge in [-0.2, -0.15) is 0 Å². The summed E-state index contributed by atoms with van der Waals surface area (Å²) in [5.74, 6) is 0.775. The minimum absolute atomic E-state index is 0.0382. The molecule has 0 radical (unpaired) electrons. The zero-order chi connectivity index (χ0) is 20.9. The lowest BCUT2D eigenvalue weighted by molar-refractivity contribution is -0.134. The van der Waals surface area contributed by atoms with Crippen LogP contribution in [0.2, 0.25) is 0 Å². The number of carbonyl (C=O) groups excluding carboxylic acids is 2. The summed E-state index contributed by atoms with van der Waals surface area (Å²) in [6.07, 6.45) is 2.04. The van der Waals surface area contributed by atoms with Gasteiger partial charge < -0.3 is 19.9 Å². The average Bonchev–Trinajstić information content (AvgIpc) is 3.16. The Labute approximate surface area is 176 Å². The summed E-state index contributed by atoms with van der Waals surface area (Å²) in [5, 5.41) is 4.09. The van der Waals surface area contributed by atoms with Crippen LogP contribution < -0.4 is 10.1 Å². The molecule has 2 heterocycles. The van der Waals surface area contributed by atoms with Crippen LogP contribution in [0.25, 0.3) is 10.9 Å². The van der Waals surface area contributed by atoms with Gasteiger partial charge in [-0.05, 0) is 30.2 Å². The number of carbonyl (C=O) groups is 2. The van der Waals surface area contributed by atoms with E-state index in [1.807, 2.05) is 41.3 Å². The lowest BCUT2D eigenvalue weighted by atomic mass is 10.0. The molecule has 0 saturated carbocycles. The molecule has 0 spiro atoms. The Hall–Kier alpha value is -3.28. The van der Waals surface area contributed by atoms with Crippen molar-refractivity contribution in [3.63, 3.8) is 0 Å². The Morgan fingerprint density at radius 2 is 1.90 bits per heavy atom. The van der Waals surface area contributed by atoms with Crippen molar-refractivity contribution in [3.8, 4) is 5.75 Å². The predicted octanol–water partition coefficient (Wildman–Crippen LogP) is 3.20. The summed E-state index contributed by atoms with van der Waals surface area (Å²) in [6, 6.07) is 16.0. The minimum atomic E-state index is -0.0818. The monoisotopic (exact) mass is 405 g/mol. The van der Waals surface area contributed by atoms with Gasteiger partial charge in [-0.1, -0.05) is 30.3 Å². The third-order valence-corrected chi connectivity index (χ3v) is 5.70. The van der Waals surface area contributed by atoms with Gasteiger partial charge in [0.25, 0.3) is 0 Å². The third kappa shape index (κ3) is 4.48. The van der Waals surface area contributed by atoms with Crippen LogP contribution in [0.3, 0.4) is 0 Å². The fourth-order valence-electron chi connectivity index (χ4n) is 3.98. The molecular formula is C24H27N3O3. The van der Waals surface area contributed by atoms with Gasteiger partial charge in [0.05, 0.1) is 7.11 Å². The second-order valence-corrected chi connectivity index (χ2v) is 7.64. The number of amides is 2. The van der Waals surface area contributed by atoms with Crippen molar-refractivity contribution < 1.29 is 14.3 Å². The van der Waals surface area contributed by atoms with Crippen LogP contribution in [0.4, 0.5) is 0 Å². The van der Waals surface area contributed by atoms with E-state index in [0.717, 1.165) is 29.7 Å². The number of hydrogen-bond acceptors (Lipinski definition) is 3. The first kappa shape index (κ1) is 20.0. The minimum Gasteiger partial charge on any atom is -0.497 e. The van der Waals surface area contributed by atoms with Crippen molar-refractivity contribution in [2.24, 2.45) is 0 Å². The number of aromatic amines is 1. The van der Waals surface area contributed by atoms with Crippen molar-refractivity contribution in [1.82, 2.24) is 15.2 Å². The Bertz CT molecular complexity index is 1040. The highest BCUT2D eigenvalue weighted by Crippen LogP contribution is 2.27. The van der Waals surface area contributed by atoms with Crippen LogP contribution in [-0.2, 0) is 29.0 Å². The fourth-order valence-corrected chi connectivity index (χ4v) is 3.98. The van der Waals surface area contributed by atoms with Gasteiger partial charge in [0, 0.05) is 61.1 Å². The quantitative estimate of drug-likeness (QED) is 0.634. The van der Waals surface area contributed by atoms with Crippen LogP contribution in [0.5, 0.6) is 5.75 Å². The van der Waals surface area contributed by atoms with E-state index in [2.05, 4.69) is 22.4 Å². The summed E-state index contributed by atoms with van der Waals surface area (Å²) in [5.41, 5.74) is 4.67. The van der Waals surface area contributed by atoms with Gasteiger partial charge in [0.2, 0.25) is 11.8 Å². The summed E-state index contributed by atoms with van der Waals surface area (Å²) in [4.78, 5) is 30.1. The number of rotatable bonds is 7. The normalized spacial score (nSPS) is 13.2. The van der Waals surface area contributed by atoms with Crippen LogP contribution >= 0.6 is 0 Å². The number of nitrogens with one attached hydrogen (secondary N) is 2. The molecule has 30 heavy (non-hydrogen) atoms. The SMILES string of the molecule is COc1ccc(CCNC(=O)CCC(=O)N2CCc3[nH]c4ccccc4c3C2)cc1. The van der Waals surface area contributed by atoms with E-state index >= 15 is 0 Å². The third-order valence-electron chi connectivity index (χ3n) is 5.70. The first-order valence-electron chi connectivity index (χ1n) is 10.4. The molecule has 3 aromatic rings. The Kier molecular flexibility index (Phi) is 6.02. The second kappa shape index (κ2) is 9.03. The van der Waals surface area contributed by atoms with Gasteiger partial charge in [0.1, 0.15) is 5.75 Å². The van der Waals surface area contributed by atoms with Crippen molar-refractivity contribution in [2.75, 3.05) is 20.2 Å². The molecule has 1 aliphatic heterocycles. The van der Waals surface area contributed by atoms with Gasteiger partial charge >= 0.3 is 0 Å². The molecule has 1 aliphatic rings. The lowest BCUT2D eigenvalue weighted by Gasteiger charge is -2.27. The highest BCUT2D eigenvalue weighted by Gasteiger charge is 2.24. The van der Waals surface area contributed by atoms with Gasteiger partial charge in [-0.15, -0.1) is 0 Å². The zero-order valence-corrected chi connectivity index (χ0v) is 17.2. The Morgan fingerprint density at radius 3 is 2.70 bits per heavy atom. The first-order chi connectivity index (χ1) is 14.6. The first-order valence-corrected chi connectivity index (χ1v) is 10.4. The number of nitrogens with zero attached hydrogens (tertiary/aromatic N) is 1. The molecule has 156 valence electrons. The maximum absolute atomic E-state index is 12.6. The highest BCUT2D eigenvalue weighted by atomic mass is 16.5. The zero-order valence-electron chi connectivity index (χ0n) is 17.2. The van der Waals surface area contributed by atoms with Crippen LogP contribution in [0.1, 0.15) is 29.7 Å². The van der Waals surface area contributed by atoms with Gasteiger partial charge in [-0.25, -0.2) is 0 Å². The number of hydrogen-bond donors (Lipinski definition) is 2. The van der Waals surface area contributed by atoms with E-state index in [1.54, 1.807) is 7.11 Å². The van der Waals surface area contributed by atoms with E-state index in [4.69, 9.17) is 4.74 Å². The average molecular weight is 405 g/mol.